The molecule has 28 heavy (non-hydrogen) atoms. The van der Waals surface area contributed by atoms with Gasteiger partial charge in [0.1, 0.15) is 18.1 Å². The Bertz CT molecular complexity index is 799. The van der Waals surface area contributed by atoms with Gasteiger partial charge >= 0.3 is 0 Å². The standard InChI is InChI=1S/C23H27NO4/c1-26-19-11-9-17(10-12-19)22-8-3-13-24(22)23(25)18-5-2-6-20(15-18)28-16-21-7-4-14-27-21/h2,5-6,9-12,15,21-22H,3-4,7-8,13-14,16H2,1H3/t21-,22-/m1/s1. The van der Waals surface area contributed by atoms with E-state index < -0.39 is 0 Å². The zero-order chi connectivity index (χ0) is 19.3. The van der Waals surface area contributed by atoms with E-state index in [9.17, 15) is 4.79 Å². The predicted molar refractivity (Wildman–Crippen MR) is 107 cm³/mol. The zero-order valence-corrected chi connectivity index (χ0v) is 16.3. The van der Waals surface area contributed by atoms with E-state index in [0.717, 1.165) is 55.9 Å². The van der Waals surface area contributed by atoms with Crippen molar-refractivity contribution in [3.05, 3.63) is 59.7 Å². The lowest BCUT2D eigenvalue weighted by Crippen LogP contribution is -2.30. The second-order valence-corrected chi connectivity index (χ2v) is 7.40. The lowest BCUT2D eigenvalue weighted by Gasteiger charge is -2.25. The van der Waals surface area contributed by atoms with Crippen LogP contribution in [0.3, 0.4) is 0 Å². The highest BCUT2D eigenvalue weighted by Gasteiger charge is 2.30. The summed E-state index contributed by atoms with van der Waals surface area (Å²) >= 11 is 0. The van der Waals surface area contributed by atoms with Gasteiger partial charge in [-0.2, -0.15) is 0 Å². The topological polar surface area (TPSA) is 48.0 Å². The number of rotatable bonds is 6. The van der Waals surface area contributed by atoms with Crippen LogP contribution < -0.4 is 9.47 Å². The average molecular weight is 381 g/mol. The van der Waals surface area contributed by atoms with Crippen LogP contribution in [0.4, 0.5) is 0 Å². The van der Waals surface area contributed by atoms with Crippen molar-refractivity contribution in [2.75, 3.05) is 26.9 Å². The van der Waals surface area contributed by atoms with Crippen molar-refractivity contribution in [3.63, 3.8) is 0 Å². The zero-order valence-electron chi connectivity index (χ0n) is 16.3. The van der Waals surface area contributed by atoms with Gasteiger partial charge in [0.05, 0.1) is 19.3 Å². The maximum atomic E-state index is 13.2. The Morgan fingerprint density at radius 1 is 1.11 bits per heavy atom. The van der Waals surface area contributed by atoms with Gasteiger partial charge in [0, 0.05) is 18.7 Å². The van der Waals surface area contributed by atoms with Gasteiger partial charge in [-0.1, -0.05) is 18.2 Å². The summed E-state index contributed by atoms with van der Waals surface area (Å²) in [6.45, 7) is 2.13. The number of methoxy groups -OCH3 is 1. The molecule has 4 rings (SSSR count). The monoisotopic (exact) mass is 381 g/mol. The van der Waals surface area contributed by atoms with Crippen molar-refractivity contribution >= 4 is 5.91 Å². The molecule has 1 amide bonds. The number of hydrogen-bond donors (Lipinski definition) is 0. The van der Waals surface area contributed by atoms with E-state index in [1.807, 2.05) is 41.3 Å². The summed E-state index contributed by atoms with van der Waals surface area (Å²) in [7, 11) is 1.66. The second-order valence-electron chi connectivity index (χ2n) is 7.40. The molecule has 2 aromatic rings. The Kier molecular flexibility index (Phi) is 5.81. The first kappa shape index (κ1) is 18.8. The Balaban J connectivity index is 1.45. The summed E-state index contributed by atoms with van der Waals surface area (Å²) in [6, 6.07) is 15.6. The molecule has 2 fully saturated rings. The minimum Gasteiger partial charge on any atom is -0.497 e. The first-order valence-corrected chi connectivity index (χ1v) is 10.0. The molecule has 0 unspecified atom stereocenters. The van der Waals surface area contributed by atoms with Crippen LogP contribution in [0, 0.1) is 0 Å². The van der Waals surface area contributed by atoms with Crippen molar-refractivity contribution in [3.8, 4) is 11.5 Å². The summed E-state index contributed by atoms with van der Waals surface area (Å²) in [5, 5.41) is 0. The molecular weight excluding hydrogens is 354 g/mol. The molecule has 0 aliphatic carbocycles. The summed E-state index contributed by atoms with van der Waals surface area (Å²) in [5.41, 5.74) is 1.82. The van der Waals surface area contributed by atoms with Crippen LogP contribution in [0.25, 0.3) is 0 Å². The third kappa shape index (κ3) is 4.14. The van der Waals surface area contributed by atoms with Crippen LogP contribution in [0.15, 0.2) is 48.5 Å². The van der Waals surface area contributed by atoms with Gasteiger partial charge in [-0.3, -0.25) is 4.79 Å². The lowest BCUT2D eigenvalue weighted by molar-refractivity contribution is 0.0676. The van der Waals surface area contributed by atoms with Crippen LogP contribution in [0.2, 0.25) is 0 Å². The molecule has 2 aliphatic heterocycles. The molecule has 0 saturated carbocycles. The smallest absolute Gasteiger partial charge is 0.254 e. The van der Waals surface area contributed by atoms with Crippen molar-refractivity contribution in [2.24, 2.45) is 0 Å². The predicted octanol–water partition coefficient (Wildman–Crippen LogP) is 4.23. The maximum absolute atomic E-state index is 13.2. The van der Waals surface area contributed by atoms with Crippen LogP contribution in [-0.4, -0.2) is 43.8 Å². The van der Waals surface area contributed by atoms with Crippen molar-refractivity contribution in [1.29, 1.82) is 0 Å². The number of benzene rings is 2. The SMILES string of the molecule is COc1ccc([C@H]2CCCN2C(=O)c2cccc(OC[C@H]3CCCO3)c2)cc1. The molecular formula is C23H27NO4. The van der Waals surface area contributed by atoms with E-state index in [1.54, 1.807) is 7.11 Å². The fourth-order valence-electron chi connectivity index (χ4n) is 4.03. The molecule has 0 N–H and O–H groups in total. The largest absolute Gasteiger partial charge is 0.497 e. The fourth-order valence-corrected chi connectivity index (χ4v) is 4.03. The third-order valence-electron chi connectivity index (χ3n) is 5.56. The summed E-state index contributed by atoms with van der Waals surface area (Å²) in [6.07, 6.45) is 4.28. The molecule has 2 aliphatic rings. The van der Waals surface area contributed by atoms with E-state index in [0.29, 0.717) is 12.2 Å². The van der Waals surface area contributed by atoms with Crippen molar-refractivity contribution in [2.45, 2.75) is 37.8 Å². The Morgan fingerprint density at radius 3 is 2.71 bits per heavy atom. The summed E-state index contributed by atoms with van der Waals surface area (Å²) < 4.78 is 16.7. The van der Waals surface area contributed by atoms with E-state index >= 15 is 0 Å². The third-order valence-corrected chi connectivity index (χ3v) is 5.56. The van der Waals surface area contributed by atoms with Gasteiger partial charge in [-0.15, -0.1) is 0 Å². The Labute approximate surface area is 166 Å². The highest BCUT2D eigenvalue weighted by molar-refractivity contribution is 5.95. The number of amides is 1. The molecule has 0 spiro atoms. The van der Waals surface area contributed by atoms with Gasteiger partial charge in [-0.05, 0) is 61.6 Å². The molecule has 2 atom stereocenters. The number of likely N-dealkylation sites (tertiary alicyclic amines) is 1. The lowest BCUT2D eigenvalue weighted by atomic mass is 10.0. The maximum Gasteiger partial charge on any atom is 0.254 e. The molecule has 5 heteroatoms. The Hall–Kier alpha value is -2.53. The minimum atomic E-state index is 0.0564. The van der Waals surface area contributed by atoms with Gasteiger partial charge in [0.25, 0.3) is 5.91 Å². The van der Waals surface area contributed by atoms with E-state index in [2.05, 4.69) is 12.1 Å². The van der Waals surface area contributed by atoms with Gasteiger partial charge in [-0.25, -0.2) is 0 Å². The van der Waals surface area contributed by atoms with Crippen LogP contribution in [0.5, 0.6) is 11.5 Å². The molecule has 2 heterocycles. The summed E-state index contributed by atoms with van der Waals surface area (Å²) in [4.78, 5) is 15.2. The second kappa shape index (κ2) is 8.65. The number of nitrogens with zero attached hydrogens (tertiary/aromatic N) is 1. The van der Waals surface area contributed by atoms with Gasteiger partial charge in [0.15, 0.2) is 0 Å². The normalized spacial score (nSPS) is 21.7. The number of ether oxygens (including phenoxy) is 3. The highest BCUT2D eigenvalue weighted by Crippen LogP contribution is 2.34. The first-order valence-electron chi connectivity index (χ1n) is 10.0. The van der Waals surface area contributed by atoms with Crippen molar-refractivity contribution in [1.82, 2.24) is 4.90 Å². The molecule has 0 bridgehead atoms. The molecule has 0 radical (unpaired) electrons. The molecule has 5 nitrogen and oxygen atoms in total. The van der Waals surface area contributed by atoms with E-state index in [4.69, 9.17) is 14.2 Å². The van der Waals surface area contributed by atoms with Crippen LogP contribution in [-0.2, 0) is 4.74 Å². The van der Waals surface area contributed by atoms with E-state index in [-0.39, 0.29) is 18.1 Å². The Morgan fingerprint density at radius 2 is 1.96 bits per heavy atom. The van der Waals surface area contributed by atoms with Gasteiger partial charge < -0.3 is 19.1 Å². The van der Waals surface area contributed by atoms with Gasteiger partial charge in [0.2, 0.25) is 0 Å². The molecule has 2 aromatic carbocycles. The van der Waals surface area contributed by atoms with Crippen LogP contribution in [0.1, 0.15) is 47.6 Å². The highest BCUT2D eigenvalue weighted by atomic mass is 16.5. The number of hydrogen-bond acceptors (Lipinski definition) is 4. The van der Waals surface area contributed by atoms with Crippen LogP contribution >= 0.6 is 0 Å². The average Bonchev–Trinajstić information content (AvgIpc) is 3.44. The number of carbonyl (C=O) groups excluding carboxylic acids is 1. The van der Waals surface area contributed by atoms with Crippen molar-refractivity contribution < 1.29 is 19.0 Å². The molecule has 0 aromatic heterocycles. The molecule has 2 saturated heterocycles. The quantitative estimate of drug-likeness (QED) is 0.751. The fraction of sp³-hybridized carbons (Fsp3) is 0.435. The molecule has 148 valence electrons. The van der Waals surface area contributed by atoms with E-state index in [1.165, 1.54) is 0 Å². The summed E-state index contributed by atoms with van der Waals surface area (Å²) in [5.74, 6) is 1.61. The number of carbonyl (C=O) groups is 1. The first-order chi connectivity index (χ1) is 13.7. The minimum absolute atomic E-state index is 0.0564.